The number of fused-ring (bicyclic) bond motifs is 12. The molecule has 0 nitrogen and oxygen atoms in total. The Morgan fingerprint density at radius 3 is 1.63 bits per heavy atom. The first-order chi connectivity index (χ1) is 32.3. The van der Waals surface area contributed by atoms with Gasteiger partial charge in [-0.25, -0.2) is 0 Å². The summed E-state index contributed by atoms with van der Waals surface area (Å²) in [6.07, 6.45) is 0. The van der Waals surface area contributed by atoms with Crippen LogP contribution < -0.4 is 0 Å². The second-order valence-electron chi connectivity index (χ2n) is 16.9. The minimum absolute atomic E-state index is 0.0582. The summed E-state index contributed by atoms with van der Waals surface area (Å²) < 4.78 is 39.5. The van der Waals surface area contributed by atoms with Crippen LogP contribution >= 0.6 is 0 Å². The van der Waals surface area contributed by atoms with Gasteiger partial charge in [-0.05, 0) is 145 Å². The van der Waals surface area contributed by atoms with Crippen LogP contribution in [0, 0.1) is 0 Å². The van der Waals surface area contributed by atoms with E-state index in [0.717, 1.165) is 65.5 Å². The topological polar surface area (TPSA) is 0 Å². The van der Waals surface area contributed by atoms with Crippen molar-refractivity contribution in [2.24, 2.45) is 0 Å². The van der Waals surface area contributed by atoms with Crippen LogP contribution in [0.3, 0.4) is 0 Å². The van der Waals surface area contributed by atoms with Crippen molar-refractivity contribution >= 4 is 64.6 Å². The Balaban J connectivity index is 1.06. The number of hydrogen-bond acceptors (Lipinski definition) is 0. The third kappa shape index (κ3) is 5.01. The molecule has 0 fully saturated rings. The van der Waals surface area contributed by atoms with Crippen LogP contribution in [0.5, 0.6) is 0 Å². The lowest BCUT2D eigenvalue weighted by Crippen LogP contribution is -2.22. The van der Waals surface area contributed by atoms with Crippen molar-refractivity contribution in [2.45, 2.75) is 12.3 Å². The molecule has 12 aromatic carbocycles. The lowest BCUT2D eigenvalue weighted by atomic mass is 9.73. The smallest absolute Gasteiger partial charge is 0.0622 e. The van der Waals surface area contributed by atoms with Gasteiger partial charge in [-0.3, -0.25) is 0 Å². The first-order valence-electron chi connectivity index (χ1n) is 23.4. The third-order valence-corrected chi connectivity index (χ3v) is 13.8. The maximum absolute atomic E-state index is 9.92. The van der Waals surface area contributed by atoms with E-state index in [9.17, 15) is 5.48 Å². The summed E-state index contributed by atoms with van der Waals surface area (Å²) in [7, 11) is 0. The number of rotatable bonds is 4. The minimum Gasteiger partial charge on any atom is -0.0622 e. The van der Waals surface area contributed by atoms with Crippen LogP contribution in [0.4, 0.5) is 0 Å². The molecule has 1 atom stereocenters. The molecule has 1 unspecified atom stereocenters. The van der Waals surface area contributed by atoms with Crippen LogP contribution in [0.1, 0.15) is 29.1 Å². The molecule has 0 radical (unpaired) electrons. The highest BCUT2D eigenvalue weighted by Crippen LogP contribution is 2.55. The lowest BCUT2D eigenvalue weighted by Gasteiger charge is -2.28. The summed E-state index contributed by atoms with van der Waals surface area (Å²) in [4.78, 5) is 0. The minimum atomic E-state index is -0.523. The van der Waals surface area contributed by atoms with E-state index in [1.807, 2.05) is 18.2 Å². The molecule has 12 aromatic rings. The van der Waals surface area contributed by atoms with Crippen molar-refractivity contribution in [1.82, 2.24) is 0 Å². The van der Waals surface area contributed by atoms with Crippen molar-refractivity contribution in [1.29, 1.82) is 0 Å². The summed E-state index contributed by atoms with van der Waals surface area (Å²) in [5, 5.41) is 13.0. The largest absolute Gasteiger partial charge is 0.0629 e. The van der Waals surface area contributed by atoms with Crippen LogP contribution in [0.15, 0.2) is 224 Å². The normalized spacial score (nSPS) is 15.5. The van der Waals surface area contributed by atoms with Gasteiger partial charge in [-0.15, -0.1) is 0 Å². The first kappa shape index (κ1) is 31.1. The van der Waals surface area contributed by atoms with Gasteiger partial charge in [0, 0.05) is 5.41 Å². The Kier molecular flexibility index (Phi) is 6.70. The Bertz CT molecular complexity index is 4030. The summed E-state index contributed by atoms with van der Waals surface area (Å²) >= 11 is 0. The highest BCUT2D eigenvalue weighted by Gasteiger charge is 2.41. The SMILES string of the molecule is [2H]c1c([2H])c(-c2c3ccccc3c(-c3ccc4c(ccc5ccccc54)c3)c3c2ccc2ccccc23)c([2H])c([2H])c1-c1ccc2c(c1)C(C)(c1ccccc1)c1ccc3ccccc3c1-2. The average Bonchev–Trinajstić information content (AvgIpc) is 3.63. The molecule has 0 aromatic heterocycles. The van der Waals surface area contributed by atoms with E-state index in [0.29, 0.717) is 22.3 Å². The Labute approximate surface area is 366 Å². The van der Waals surface area contributed by atoms with Gasteiger partial charge in [0.25, 0.3) is 0 Å². The molecule has 0 amide bonds. The molecule has 1 aliphatic carbocycles. The zero-order valence-electron chi connectivity index (χ0n) is 38.1. The quantitative estimate of drug-likeness (QED) is 0.123. The second kappa shape index (κ2) is 13.4. The lowest BCUT2D eigenvalue weighted by molar-refractivity contribution is 0.714. The van der Waals surface area contributed by atoms with Crippen molar-refractivity contribution in [3.8, 4) is 44.5 Å². The summed E-state index contributed by atoms with van der Waals surface area (Å²) in [5.41, 5.74) is 9.36. The third-order valence-electron chi connectivity index (χ3n) is 13.8. The highest BCUT2D eigenvalue weighted by molar-refractivity contribution is 6.28. The molecule has 288 valence electrons. The van der Waals surface area contributed by atoms with Crippen molar-refractivity contribution in [3.63, 3.8) is 0 Å². The van der Waals surface area contributed by atoms with Gasteiger partial charge in [0.05, 0.1) is 5.48 Å². The van der Waals surface area contributed by atoms with Crippen molar-refractivity contribution in [2.75, 3.05) is 0 Å². The highest BCUT2D eigenvalue weighted by atomic mass is 14.4. The molecular weight excluding hydrogens is 745 g/mol. The van der Waals surface area contributed by atoms with Crippen LogP contribution in [0.2, 0.25) is 0 Å². The molecule has 0 heterocycles. The van der Waals surface area contributed by atoms with Gasteiger partial charge in [0.2, 0.25) is 0 Å². The number of benzene rings is 12. The summed E-state index contributed by atoms with van der Waals surface area (Å²) in [6, 6.07) is 70.1. The molecule has 0 aliphatic heterocycles. The van der Waals surface area contributed by atoms with E-state index in [4.69, 9.17) is 0 Å². The fourth-order valence-corrected chi connectivity index (χ4v) is 10.8. The summed E-state index contributed by atoms with van der Waals surface area (Å²) in [5.74, 6) is 0. The molecule has 0 bridgehead atoms. The van der Waals surface area contributed by atoms with Gasteiger partial charge >= 0.3 is 0 Å². The van der Waals surface area contributed by atoms with Crippen LogP contribution in [-0.4, -0.2) is 0 Å². The molecule has 62 heavy (non-hydrogen) atoms. The monoisotopic (exact) mass is 788 g/mol. The fourth-order valence-electron chi connectivity index (χ4n) is 10.8. The predicted molar refractivity (Wildman–Crippen MR) is 265 cm³/mol. The van der Waals surface area contributed by atoms with E-state index in [1.165, 1.54) is 38.1 Å². The Morgan fingerprint density at radius 1 is 0.323 bits per heavy atom. The molecule has 0 spiro atoms. The maximum atomic E-state index is 9.92. The number of hydrogen-bond donors (Lipinski definition) is 0. The summed E-state index contributed by atoms with van der Waals surface area (Å²) in [6.45, 7) is 2.27. The molecule has 0 saturated carbocycles. The van der Waals surface area contributed by atoms with Gasteiger partial charge in [0.15, 0.2) is 0 Å². The van der Waals surface area contributed by atoms with Crippen LogP contribution in [-0.2, 0) is 5.41 Å². The van der Waals surface area contributed by atoms with Crippen LogP contribution in [0.25, 0.3) is 109 Å². The Morgan fingerprint density at radius 2 is 0.855 bits per heavy atom. The molecule has 1 aliphatic rings. The van der Waals surface area contributed by atoms with Crippen molar-refractivity contribution < 1.29 is 5.48 Å². The molecule has 0 heteroatoms. The zero-order valence-corrected chi connectivity index (χ0v) is 34.1. The zero-order chi connectivity index (χ0) is 44.4. The fraction of sp³-hybridized carbons (Fsp3) is 0.0323. The predicted octanol–water partition coefficient (Wildman–Crippen LogP) is 16.9. The van der Waals surface area contributed by atoms with E-state index >= 15 is 0 Å². The van der Waals surface area contributed by atoms with Crippen molar-refractivity contribution in [3.05, 3.63) is 241 Å². The molecule has 0 saturated heterocycles. The molecule has 0 N–H and O–H groups in total. The maximum Gasteiger partial charge on any atom is 0.0629 e. The Hall–Kier alpha value is -7.80. The average molecular weight is 789 g/mol. The van der Waals surface area contributed by atoms with Gasteiger partial charge < -0.3 is 0 Å². The van der Waals surface area contributed by atoms with Gasteiger partial charge in [0.1, 0.15) is 0 Å². The second-order valence-corrected chi connectivity index (χ2v) is 16.9. The van der Waals surface area contributed by atoms with E-state index in [2.05, 4.69) is 189 Å². The van der Waals surface area contributed by atoms with E-state index in [1.54, 1.807) is 0 Å². The molecule has 13 rings (SSSR count). The first-order valence-corrected chi connectivity index (χ1v) is 21.4. The molecular formula is C62H40. The van der Waals surface area contributed by atoms with Gasteiger partial charge in [-0.1, -0.05) is 212 Å². The standard InChI is InChI=1S/C62H40/c1-62(47-16-3-2-4-17-47)56-36-32-42-15-6-9-19-50(42)60(56)54-34-30-44(38-57(54)62)39-23-26-43(27-24-39)58-52-21-11-12-22-53(52)59(61-51-20-10-7-14-41(51)29-35-55(58)61)46-31-33-49-45(37-46)28-25-40-13-5-8-18-48(40)49/h2-38H,1H3/i23D,24D,26D,27D. The van der Waals surface area contributed by atoms with E-state index in [-0.39, 0.29) is 24.2 Å². The van der Waals surface area contributed by atoms with E-state index < -0.39 is 5.41 Å². The van der Waals surface area contributed by atoms with Gasteiger partial charge in [-0.2, -0.15) is 0 Å².